The molecule has 0 aliphatic rings. The number of phosphoric ester groups is 1. The fourth-order valence-electron chi connectivity index (χ4n) is 4.18. The summed E-state index contributed by atoms with van der Waals surface area (Å²) in [5.74, 6) is -0.535. The molecule has 0 saturated heterocycles. The molecule has 2 rings (SSSR count). The van der Waals surface area contributed by atoms with Crippen LogP contribution < -0.4 is 16.4 Å². The topological polar surface area (TPSA) is 198 Å². The fraction of sp³-hybridized carbons (Fsp3) is 0.481. The highest BCUT2D eigenvalue weighted by atomic mass is 79.9. The normalized spacial score (nSPS) is 13.5. The second kappa shape index (κ2) is 17.1. The maximum atomic E-state index is 13.6. The van der Waals surface area contributed by atoms with Crippen LogP contribution in [-0.4, -0.2) is 73.4 Å². The van der Waals surface area contributed by atoms with E-state index < -0.39 is 48.5 Å². The Kier molecular flexibility index (Phi) is 14.6. The molecule has 0 aliphatic carbocycles. The number of ether oxygens (including phenoxy) is 1. The van der Waals surface area contributed by atoms with Gasteiger partial charge in [0.05, 0.1) is 18.6 Å². The number of sulfonamides is 1. The number of carbonyl (C=O) groups is 2. The first kappa shape index (κ1) is 36.7. The summed E-state index contributed by atoms with van der Waals surface area (Å²) >= 11 is 3.36. The molecule has 0 radical (unpaired) electrons. The largest absolute Gasteiger partial charge is 0.469 e. The van der Waals surface area contributed by atoms with E-state index in [0.29, 0.717) is 18.5 Å². The second-order valence-electron chi connectivity index (χ2n) is 10.3. The summed E-state index contributed by atoms with van der Waals surface area (Å²) in [6, 6.07) is 11.2. The third-order valence-electron chi connectivity index (χ3n) is 6.28. The number of halogens is 1. The van der Waals surface area contributed by atoms with E-state index in [1.54, 1.807) is 0 Å². The van der Waals surface area contributed by atoms with Crippen LogP contribution in [0.2, 0.25) is 0 Å². The van der Waals surface area contributed by atoms with Crippen molar-refractivity contribution in [1.29, 1.82) is 0 Å². The summed E-state index contributed by atoms with van der Waals surface area (Å²) in [5, 5.41) is 5.31. The molecule has 0 spiro atoms. The predicted molar refractivity (Wildman–Crippen MR) is 165 cm³/mol. The molecule has 0 aromatic heterocycles. The summed E-state index contributed by atoms with van der Waals surface area (Å²) in [6.45, 7) is 3.41. The molecule has 13 nitrogen and oxygen atoms in total. The van der Waals surface area contributed by atoms with Crippen LogP contribution in [0.3, 0.4) is 0 Å². The molecule has 2 atom stereocenters. The highest BCUT2D eigenvalue weighted by molar-refractivity contribution is 9.10. The molecular weight excluding hydrogens is 667 g/mol. The summed E-state index contributed by atoms with van der Waals surface area (Å²) in [5.41, 5.74) is 6.92. The molecule has 43 heavy (non-hydrogen) atoms. The van der Waals surface area contributed by atoms with Gasteiger partial charge >= 0.3 is 13.9 Å². The molecule has 0 heterocycles. The molecule has 0 aliphatic heterocycles. The van der Waals surface area contributed by atoms with Crippen LogP contribution >= 0.6 is 23.8 Å². The number of nitrogens with one attached hydrogen (secondary N) is 2. The van der Waals surface area contributed by atoms with Crippen molar-refractivity contribution < 1.29 is 41.6 Å². The minimum Gasteiger partial charge on any atom is -0.453 e. The van der Waals surface area contributed by atoms with Gasteiger partial charge in [-0.3, -0.25) is 9.32 Å². The van der Waals surface area contributed by atoms with E-state index in [1.165, 1.54) is 35.7 Å². The maximum absolute atomic E-state index is 13.6. The number of methoxy groups -OCH3 is 1. The first-order valence-electron chi connectivity index (χ1n) is 13.6. The maximum Gasteiger partial charge on any atom is 0.469 e. The van der Waals surface area contributed by atoms with Gasteiger partial charge in [0.2, 0.25) is 15.9 Å². The van der Waals surface area contributed by atoms with E-state index in [0.717, 1.165) is 10.0 Å². The molecule has 0 bridgehead atoms. The van der Waals surface area contributed by atoms with Crippen molar-refractivity contribution in [3.63, 3.8) is 0 Å². The van der Waals surface area contributed by atoms with Gasteiger partial charge in [0.15, 0.2) is 0 Å². The van der Waals surface area contributed by atoms with Gasteiger partial charge in [0.1, 0.15) is 6.04 Å². The van der Waals surface area contributed by atoms with Crippen LogP contribution in [0, 0.1) is 5.92 Å². The van der Waals surface area contributed by atoms with Crippen molar-refractivity contribution in [2.75, 3.05) is 32.5 Å². The number of benzene rings is 2. The van der Waals surface area contributed by atoms with E-state index in [9.17, 15) is 32.4 Å². The first-order valence-corrected chi connectivity index (χ1v) is 17.3. The van der Waals surface area contributed by atoms with Crippen LogP contribution in [0.15, 0.2) is 57.9 Å². The highest BCUT2D eigenvalue weighted by Crippen LogP contribution is 2.37. The standard InChI is InChI=1S/C27H40BrN4O9PS/c1-19(2)17-32(43(38,39)24-13-11-22(29)12-14-24)23(18-41-42(35,36)37)6-4-5-15-30-26(33)25(31-27(34)40-3)16-20-7-9-21(28)10-8-20/h7-14,19,23,25H,4-6,15-18,29H2,1-3H3,(H,30,33)(H,31,34)(H2,35,36,37). The number of nitrogens with zero attached hydrogens (tertiary/aromatic N) is 1. The molecular formula is C27H40BrN4O9PS. The number of anilines is 1. The SMILES string of the molecule is COC(=O)NC(Cc1ccc(Br)cc1)C(=O)NCCCCC(COP(=O)(O)O)N(CC(C)C)S(=O)(=O)c1ccc(N)cc1. The van der Waals surface area contributed by atoms with E-state index in [1.807, 2.05) is 38.1 Å². The Labute approximate surface area is 260 Å². The van der Waals surface area contributed by atoms with Gasteiger partial charge in [0, 0.05) is 35.7 Å². The molecule has 2 amide bonds. The third kappa shape index (κ3) is 12.9. The quantitative estimate of drug-likeness (QED) is 0.0923. The summed E-state index contributed by atoms with van der Waals surface area (Å²) in [7, 11) is -7.75. The molecule has 0 saturated carbocycles. The monoisotopic (exact) mass is 706 g/mol. The zero-order valence-corrected chi connectivity index (χ0v) is 27.6. The van der Waals surface area contributed by atoms with E-state index in [4.69, 9.17) is 10.3 Å². The van der Waals surface area contributed by atoms with Gasteiger partial charge in [-0.1, -0.05) is 48.3 Å². The van der Waals surface area contributed by atoms with E-state index in [-0.39, 0.29) is 36.7 Å². The van der Waals surface area contributed by atoms with Crippen molar-refractivity contribution in [2.24, 2.45) is 5.92 Å². The predicted octanol–water partition coefficient (Wildman–Crippen LogP) is 3.41. The number of unbranched alkanes of at least 4 members (excludes halogenated alkanes) is 1. The average Bonchev–Trinajstić information content (AvgIpc) is 2.93. The van der Waals surface area contributed by atoms with Crippen LogP contribution in [0.1, 0.15) is 38.7 Å². The fourth-order valence-corrected chi connectivity index (χ4v) is 6.61. The smallest absolute Gasteiger partial charge is 0.453 e. The third-order valence-corrected chi connectivity index (χ3v) is 9.23. The molecule has 2 aromatic carbocycles. The van der Waals surface area contributed by atoms with Crippen molar-refractivity contribution in [2.45, 2.75) is 56.5 Å². The van der Waals surface area contributed by atoms with Crippen molar-refractivity contribution in [3.05, 3.63) is 58.6 Å². The van der Waals surface area contributed by atoms with Gasteiger partial charge in [-0.15, -0.1) is 0 Å². The van der Waals surface area contributed by atoms with Crippen LogP contribution in [0.4, 0.5) is 10.5 Å². The number of phosphoric acid groups is 1. The molecule has 240 valence electrons. The number of nitrogen functional groups attached to an aromatic ring is 1. The number of alkyl carbamates (subject to hydrolysis) is 1. The number of carbonyl (C=O) groups excluding carboxylic acids is 2. The zero-order chi connectivity index (χ0) is 32.2. The van der Waals surface area contributed by atoms with E-state index >= 15 is 0 Å². The highest BCUT2D eigenvalue weighted by Gasteiger charge is 2.33. The Bertz CT molecular complexity index is 1340. The minimum absolute atomic E-state index is 0.00860. The zero-order valence-electron chi connectivity index (χ0n) is 24.3. The van der Waals surface area contributed by atoms with Gasteiger partial charge in [0.25, 0.3) is 0 Å². The van der Waals surface area contributed by atoms with Crippen LogP contribution in [0.5, 0.6) is 0 Å². The average molecular weight is 708 g/mol. The van der Waals surface area contributed by atoms with Crippen molar-refractivity contribution >= 4 is 51.5 Å². The van der Waals surface area contributed by atoms with Gasteiger partial charge in [-0.2, -0.15) is 4.31 Å². The number of nitrogens with two attached hydrogens (primary N) is 1. The summed E-state index contributed by atoms with van der Waals surface area (Å²) < 4.78 is 50.2. The number of amides is 2. The Hall–Kier alpha value is -2.52. The number of hydrogen-bond acceptors (Lipinski definition) is 8. The molecule has 2 aromatic rings. The van der Waals surface area contributed by atoms with Gasteiger partial charge in [-0.05, 0) is 60.7 Å². The minimum atomic E-state index is -4.88. The molecule has 0 fully saturated rings. The lowest BCUT2D eigenvalue weighted by atomic mass is 10.1. The Morgan fingerprint density at radius 1 is 1.07 bits per heavy atom. The molecule has 16 heteroatoms. The summed E-state index contributed by atoms with van der Waals surface area (Å²) in [6.07, 6.45) is 0.475. The van der Waals surface area contributed by atoms with Crippen molar-refractivity contribution in [1.82, 2.24) is 14.9 Å². The van der Waals surface area contributed by atoms with Gasteiger partial charge < -0.3 is 30.9 Å². The Morgan fingerprint density at radius 3 is 2.26 bits per heavy atom. The number of hydrogen-bond donors (Lipinski definition) is 5. The van der Waals surface area contributed by atoms with Gasteiger partial charge in [-0.25, -0.2) is 17.8 Å². The lowest BCUT2D eigenvalue weighted by molar-refractivity contribution is -0.123. The first-order chi connectivity index (χ1) is 20.1. The second-order valence-corrected chi connectivity index (χ2v) is 14.3. The van der Waals surface area contributed by atoms with Crippen LogP contribution in [-0.2, 0) is 35.1 Å². The Balaban J connectivity index is 2.11. The molecule has 2 unspecified atom stereocenters. The molecule has 6 N–H and O–H groups in total. The lowest BCUT2D eigenvalue weighted by Gasteiger charge is -2.32. The summed E-state index contributed by atoms with van der Waals surface area (Å²) in [4.78, 5) is 43.4. The number of rotatable bonds is 17. The van der Waals surface area contributed by atoms with Crippen LogP contribution in [0.25, 0.3) is 0 Å². The Morgan fingerprint density at radius 2 is 1.70 bits per heavy atom. The van der Waals surface area contributed by atoms with Crippen molar-refractivity contribution in [3.8, 4) is 0 Å². The lowest BCUT2D eigenvalue weighted by Crippen LogP contribution is -2.48. The van der Waals surface area contributed by atoms with E-state index in [2.05, 4.69) is 31.3 Å².